The third-order valence-corrected chi connectivity index (χ3v) is 4.14. The van der Waals surface area contributed by atoms with Gasteiger partial charge in [0, 0.05) is 37.7 Å². The van der Waals surface area contributed by atoms with Crippen LogP contribution in [0.15, 0.2) is 12.1 Å². The maximum absolute atomic E-state index is 13.3. The normalized spacial score (nSPS) is 26.2. The molecule has 3 rings (SSSR count). The van der Waals surface area contributed by atoms with E-state index in [2.05, 4.69) is 11.1 Å². The Morgan fingerprint density at radius 2 is 2.30 bits per heavy atom. The molecule has 3 heterocycles. The minimum absolute atomic E-state index is 0.0410. The Morgan fingerprint density at radius 3 is 2.95 bits per heavy atom. The van der Waals surface area contributed by atoms with Gasteiger partial charge in [-0.1, -0.05) is 6.07 Å². The van der Waals surface area contributed by atoms with Crippen LogP contribution in [0.1, 0.15) is 35.7 Å². The average Bonchev–Trinajstić information content (AvgIpc) is 2.99. The summed E-state index contributed by atoms with van der Waals surface area (Å²) in [5.74, 6) is -2.18. The van der Waals surface area contributed by atoms with E-state index in [1.54, 1.807) is 4.90 Å². The number of aryl methyl sites for hydroxylation is 1. The van der Waals surface area contributed by atoms with E-state index in [1.165, 1.54) is 5.56 Å². The fraction of sp³-hybridized carbons (Fsp3) is 0.667. The maximum atomic E-state index is 13.3. The third-order valence-electron chi connectivity index (χ3n) is 4.14. The molecule has 0 aliphatic carbocycles. The summed E-state index contributed by atoms with van der Waals surface area (Å²) >= 11 is 0. The summed E-state index contributed by atoms with van der Waals surface area (Å²) in [7, 11) is 0. The monoisotopic (exact) mass is 282 g/mol. The van der Waals surface area contributed by atoms with E-state index in [0.29, 0.717) is 25.6 Å². The van der Waals surface area contributed by atoms with E-state index < -0.39 is 5.92 Å². The minimum Gasteiger partial charge on any atom is -0.381 e. The summed E-state index contributed by atoms with van der Waals surface area (Å²) in [5, 5.41) is 0. The molecule has 0 spiro atoms. The first kappa shape index (κ1) is 13.9. The number of likely N-dealkylation sites (tertiary alicyclic amines) is 1. The molecular weight excluding hydrogens is 262 g/mol. The van der Waals surface area contributed by atoms with Crippen molar-refractivity contribution in [3.8, 4) is 0 Å². The van der Waals surface area contributed by atoms with E-state index >= 15 is 0 Å². The second-order valence-corrected chi connectivity index (χ2v) is 5.87. The molecule has 0 N–H and O–H groups in total. The van der Waals surface area contributed by atoms with Gasteiger partial charge in [-0.15, -0.1) is 0 Å². The largest absolute Gasteiger partial charge is 0.381 e. The third kappa shape index (κ3) is 2.99. The highest BCUT2D eigenvalue weighted by Gasteiger charge is 2.38. The first-order chi connectivity index (χ1) is 9.53. The molecule has 0 amide bonds. The number of ether oxygens (including phenoxy) is 1. The molecular formula is C15H20F2N2O. The van der Waals surface area contributed by atoms with Gasteiger partial charge in [0.15, 0.2) is 0 Å². The molecule has 0 radical (unpaired) electrons. The summed E-state index contributed by atoms with van der Waals surface area (Å²) in [6, 6.07) is 4.08. The Labute approximate surface area is 117 Å². The summed E-state index contributed by atoms with van der Waals surface area (Å²) in [4.78, 5) is 6.39. The molecule has 0 saturated carbocycles. The van der Waals surface area contributed by atoms with Gasteiger partial charge in [-0.05, 0) is 25.0 Å². The van der Waals surface area contributed by atoms with Gasteiger partial charge in [0.05, 0.1) is 18.8 Å². The Kier molecular flexibility index (Phi) is 3.73. The van der Waals surface area contributed by atoms with Crippen molar-refractivity contribution in [1.29, 1.82) is 0 Å². The molecule has 1 atom stereocenters. The lowest BCUT2D eigenvalue weighted by atomic mass is 9.96. The van der Waals surface area contributed by atoms with Crippen LogP contribution in [0.5, 0.6) is 0 Å². The number of rotatable bonds is 3. The standard InChI is InChI=1S/C15H20F2N2O/c1-11-2-3-13(12-4-7-20-9-12)14(18-11)8-19-6-5-15(16,17)10-19/h2-3,12H,4-10H2,1H3/t12-/m1/s1. The van der Waals surface area contributed by atoms with Crippen molar-refractivity contribution in [3.05, 3.63) is 29.1 Å². The minimum atomic E-state index is -2.54. The summed E-state index contributed by atoms with van der Waals surface area (Å²) < 4.78 is 32.0. The molecule has 1 aromatic rings. The van der Waals surface area contributed by atoms with Crippen molar-refractivity contribution in [2.75, 3.05) is 26.3 Å². The zero-order valence-corrected chi connectivity index (χ0v) is 11.7. The van der Waals surface area contributed by atoms with Gasteiger partial charge in [-0.3, -0.25) is 9.88 Å². The lowest BCUT2D eigenvalue weighted by molar-refractivity contribution is 0.0113. The van der Waals surface area contributed by atoms with Crippen LogP contribution in [0, 0.1) is 6.92 Å². The lowest BCUT2D eigenvalue weighted by Crippen LogP contribution is -2.26. The van der Waals surface area contributed by atoms with Gasteiger partial charge in [-0.25, -0.2) is 8.78 Å². The summed E-state index contributed by atoms with van der Waals surface area (Å²) in [5.41, 5.74) is 3.05. The molecule has 2 fully saturated rings. The van der Waals surface area contributed by atoms with Crippen LogP contribution < -0.4 is 0 Å². The van der Waals surface area contributed by atoms with E-state index in [9.17, 15) is 8.78 Å². The van der Waals surface area contributed by atoms with Crippen molar-refractivity contribution >= 4 is 0 Å². The molecule has 0 unspecified atom stereocenters. The average molecular weight is 282 g/mol. The molecule has 0 aromatic carbocycles. The van der Waals surface area contributed by atoms with Crippen molar-refractivity contribution < 1.29 is 13.5 Å². The quantitative estimate of drug-likeness (QED) is 0.852. The Balaban J connectivity index is 1.79. The van der Waals surface area contributed by atoms with Crippen LogP contribution in [0.4, 0.5) is 8.78 Å². The first-order valence-electron chi connectivity index (χ1n) is 7.18. The van der Waals surface area contributed by atoms with Gasteiger partial charge in [0.2, 0.25) is 0 Å². The highest BCUT2D eigenvalue weighted by Crippen LogP contribution is 2.31. The lowest BCUT2D eigenvalue weighted by Gasteiger charge is -2.19. The number of pyridine rings is 1. The predicted octanol–water partition coefficient (Wildman–Crippen LogP) is 2.73. The van der Waals surface area contributed by atoms with E-state index in [-0.39, 0.29) is 13.0 Å². The number of nitrogens with zero attached hydrogens (tertiary/aromatic N) is 2. The van der Waals surface area contributed by atoms with Crippen LogP contribution in [0.25, 0.3) is 0 Å². The van der Waals surface area contributed by atoms with Crippen molar-refractivity contribution in [1.82, 2.24) is 9.88 Å². The zero-order chi connectivity index (χ0) is 14.2. The van der Waals surface area contributed by atoms with Gasteiger partial charge in [0.25, 0.3) is 5.92 Å². The van der Waals surface area contributed by atoms with Crippen LogP contribution in [-0.4, -0.2) is 42.1 Å². The molecule has 5 heteroatoms. The fourth-order valence-corrected chi connectivity index (χ4v) is 3.05. The van der Waals surface area contributed by atoms with Gasteiger partial charge in [0.1, 0.15) is 0 Å². The second kappa shape index (κ2) is 5.37. The molecule has 110 valence electrons. The van der Waals surface area contributed by atoms with E-state index in [1.807, 2.05) is 13.0 Å². The number of aromatic nitrogens is 1. The SMILES string of the molecule is Cc1ccc([C@@H]2CCOC2)c(CN2CCC(F)(F)C2)n1. The molecule has 20 heavy (non-hydrogen) atoms. The summed E-state index contributed by atoms with van der Waals surface area (Å²) in [6.45, 7) is 4.25. The maximum Gasteiger partial charge on any atom is 0.261 e. The second-order valence-electron chi connectivity index (χ2n) is 5.87. The predicted molar refractivity (Wildman–Crippen MR) is 72.0 cm³/mol. The Morgan fingerprint density at radius 1 is 1.45 bits per heavy atom. The van der Waals surface area contributed by atoms with Crippen LogP contribution in [0.3, 0.4) is 0 Å². The number of hydrogen-bond donors (Lipinski definition) is 0. The summed E-state index contributed by atoms with van der Waals surface area (Å²) in [6.07, 6.45) is 0.953. The van der Waals surface area contributed by atoms with E-state index in [4.69, 9.17) is 4.74 Å². The van der Waals surface area contributed by atoms with Crippen LogP contribution >= 0.6 is 0 Å². The smallest absolute Gasteiger partial charge is 0.261 e. The molecule has 0 bridgehead atoms. The zero-order valence-electron chi connectivity index (χ0n) is 11.7. The highest BCUT2D eigenvalue weighted by atomic mass is 19.3. The van der Waals surface area contributed by atoms with Crippen molar-refractivity contribution in [2.45, 2.75) is 38.2 Å². The van der Waals surface area contributed by atoms with Crippen molar-refractivity contribution in [3.63, 3.8) is 0 Å². The fourth-order valence-electron chi connectivity index (χ4n) is 3.05. The Bertz CT molecular complexity index is 487. The molecule has 2 aliphatic rings. The number of hydrogen-bond acceptors (Lipinski definition) is 3. The molecule has 3 nitrogen and oxygen atoms in total. The number of alkyl halides is 2. The topological polar surface area (TPSA) is 25.4 Å². The van der Waals surface area contributed by atoms with Gasteiger partial charge < -0.3 is 4.74 Å². The van der Waals surface area contributed by atoms with Crippen LogP contribution in [-0.2, 0) is 11.3 Å². The Hall–Kier alpha value is -1.07. The molecule has 2 saturated heterocycles. The first-order valence-corrected chi connectivity index (χ1v) is 7.18. The molecule has 2 aliphatic heterocycles. The van der Waals surface area contributed by atoms with Gasteiger partial charge in [-0.2, -0.15) is 0 Å². The molecule has 1 aromatic heterocycles. The van der Waals surface area contributed by atoms with Crippen molar-refractivity contribution in [2.24, 2.45) is 0 Å². The van der Waals surface area contributed by atoms with E-state index in [0.717, 1.165) is 24.4 Å². The van der Waals surface area contributed by atoms with Gasteiger partial charge >= 0.3 is 0 Å². The highest BCUT2D eigenvalue weighted by molar-refractivity contribution is 5.27. The van der Waals surface area contributed by atoms with Crippen LogP contribution in [0.2, 0.25) is 0 Å². The number of halogens is 2.